The lowest BCUT2D eigenvalue weighted by molar-refractivity contribution is -0.206. The molecule has 6 nitrogen and oxygen atoms in total. The summed E-state index contributed by atoms with van der Waals surface area (Å²) in [7, 11) is 1.51. The highest BCUT2D eigenvalue weighted by Crippen LogP contribution is 2.44. The number of aliphatic hydroxyl groups is 1. The summed E-state index contributed by atoms with van der Waals surface area (Å²) in [5.74, 6) is -0.777. The number of fused-ring (bicyclic) bond motifs is 1. The van der Waals surface area contributed by atoms with E-state index in [-0.39, 0.29) is 19.0 Å². The van der Waals surface area contributed by atoms with E-state index in [1.54, 1.807) is 0 Å². The third-order valence-corrected chi connectivity index (χ3v) is 4.41. The van der Waals surface area contributed by atoms with Crippen LogP contribution in [0.25, 0.3) is 0 Å². The minimum absolute atomic E-state index is 0.0338. The van der Waals surface area contributed by atoms with Crippen molar-refractivity contribution in [2.24, 2.45) is 0 Å². The third-order valence-electron chi connectivity index (χ3n) is 4.41. The zero-order chi connectivity index (χ0) is 14.2. The average molecular weight is 286 g/mol. The van der Waals surface area contributed by atoms with Crippen LogP contribution in [0.5, 0.6) is 0 Å². The van der Waals surface area contributed by atoms with Gasteiger partial charge in [-0.1, -0.05) is 6.42 Å². The van der Waals surface area contributed by atoms with E-state index in [0.717, 1.165) is 25.7 Å². The van der Waals surface area contributed by atoms with Crippen LogP contribution in [0.15, 0.2) is 0 Å². The summed E-state index contributed by atoms with van der Waals surface area (Å²) in [6.07, 6.45) is 2.44. The molecule has 3 fully saturated rings. The fraction of sp³-hybridized carbons (Fsp3) is 0.929. The molecule has 0 unspecified atom stereocenters. The van der Waals surface area contributed by atoms with E-state index in [4.69, 9.17) is 18.9 Å². The van der Waals surface area contributed by atoms with Gasteiger partial charge in [-0.05, 0) is 12.8 Å². The zero-order valence-corrected chi connectivity index (χ0v) is 11.7. The maximum Gasteiger partial charge on any atom is 0.169 e. The molecule has 1 aliphatic heterocycles. The monoisotopic (exact) mass is 286 g/mol. The highest BCUT2D eigenvalue weighted by molar-refractivity contribution is 5.85. The molecule has 114 valence electrons. The maximum absolute atomic E-state index is 12.0. The summed E-state index contributed by atoms with van der Waals surface area (Å²) in [5, 5.41) is 10.1. The number of ether oxygens (including phenoxy) is 4. The number of rotatable bonds is 3. The minimum atomic E-state index is -0.809. The van der Waals surface area contributed by atoms with Crippen LogP contribution in [0.3, 0.4) is 0 Å². The van der Waals surface area contributed by atoms with Crippen LogP contribution >= 0.6 is 0 Å². The number of aliphatic hydroxyl groups excluding tert-OH is 1. The predicted molar refractivity (Wildman–Crippen MR) is 67.9 cm³/mol. The second-order valence-electron chi connectivity index (χ2n) is 5.87. The van der Waals surface area contributed by atoms with Crippen molar-refractivity contribution in [1.82, 2.24) is 0 Å². The van der Waals surface area contributed by atoms with Gasteiger partial charge in [0.15, 0.2) is 11.6 Å². The first kappa shape index (κ1) is 14.4. The summed E-state index contributed by atoms with van der Waals surface area (Å²) in [6.45, 7) is 0.0338. The molecule has 2 saturated carbocycles. The van der Waals surface area contributed by atoms with E-state index >= 15 is 0 Å². The summed E-state index contributed by atoms with van der Waals surface area (Å²) in [4.78, 5) is 12.0. The Morgan fingerprint density at radius 2 is 1.95 bits per heavy atom. The molecule has 1 spiro atoms. The standard InChI is InChI=1S/C14H22O6/c1-17-8-18-11-9(15)7-10(16)12-13(11)20-14(19-12)5-3-2-4-6-14/h10-13,16H,2-8H2,1H3/t10-,11+,12+,13-/m1/s1. The maximum atomic E-state index is 12.0. The second-order valence-corrected chi connectivity index (χ2v) is 5.87. The van der Waals surface area contributed by atoms with Crippen LogP contribution in [0.1, 0.15) is 38.5 Å². The van der Waals surface area contributed by atoms with Crippen molar-refractivity contribution in [3.8, 4) is 0 Å². The molecule has 3 rings (SSSR count). The van der Waals surface area contributed by atoms with Crippen molar-refractivity contribution in [3.63, 3.8) is 0 Å². The Kier molecular flexibility index (Phi) is 4.10. The van der Waals surface area contributed by atoms with Gasteiger partial charge < -0.3 is 24.1 Å². The lowest BCUT2D eigenvalue weighted by atomic mass is 9.88. The van der Waals surface area contributed by atoms with E-state index in [0.29, 0.717) is 0 Å². The molecule has 0 aromatic rings. The topological polar surface area (TPSA) is 74.2 Å². The highest BCUT2D eigenvalue weighted by atomic mass is 16.8. The molecule has 1 saturated heterocycles. The van der Waals surface area contributed by atoms with Gasteiger partial charge in [-0.3, -0.25) is 4.79 Å². The van der Waals surface area contributed by atoms with Crippen LogP contribution in [0.4, 0.5) is 0 Å². The van der Waals surface area contributed by atoms with Gasteiger partial charge in [-0.15, -0.1) is 0 Å². The molecule has 2 aliphatic carbocycles. The van der Waals surface area contributed by atoms with Gasteiger partial charge in [-0.2, -0.15) is 0 Å². The lowest BCUT2D eigenvalue weighted by Crippen LogP contribution is -2.53. The molecule has 1 N–H and O–H groups in total. The first-order valence-corrected chi connectivity index (χ1v) is 7.32. The van der Waals surface area contributed by atoms with Crippen LogP contribution in [-0.2, 0) is 23.7 Å². The van der Waals surface area contributed by atoms with Crippen LogP contribution in [0.2, 0.25) is 0 Å². The SMILES string of the molecule is COCO[C@H]1C(=O)C[C@@H](O)[C@@H]2OC3(CCCCC3)O[C@@H]21. The fourth-order valence-electron chi connectivity index (χ4n) is 3.47. The van der Waals surface area contributed by atoms with E-state index in [2.05, 4.69) is 0 Å². The molecular formula is C14H22O6. The number of methoxy groups -OCH3 is 1. The summed E-state index contributed by atoms with van der Waals surface area (Å²) >= 11 is 0. The largest absolute Gasteiger partial charge is 0.390 e. The first-order valence-electron chi connectivity index (χ1n) is 7.32. The van der Waals surface area contributed by atoms with Gasteiger partial charge in [0.1, 0.15) is 25.1 Å². The number of carbonyl (C=O) groups excluding carboxylic acids is 1. The van der Waals surface area contributed by atoms with Crippen molar-refractivity contribution in [1.29, 1.82) is 0 Å². The second kappa shape index (κ2) is 5.69. The molecule has 0 radical (unpaired) electrons. The molecule has 0 aromatic heterocycles. The van der Waals surface area contributed by atoms with E-state index < -0.39 is 30.2 Å². The van der Waals surface area contributed by atoms with Gasteiger partial charge in [0.25, 0.3) is 0 Å². The Labute approximate surface area is 118 Å². The molecule has 4 atom stereocenters. The summed E-state index contributed by atoms with van der Waals surface area (Å²) in [6, 6.07) is 0. The molecule has 1 heterocycles. The Morgan fingerprint density at radius 3 is 2.65 bits per heavy atom. The third kappa shape index (κ3) is 2.51. The number of ketones is 1. The van der Waals surface area contributed by atoms with E-state index in [1.807, 2.05) is 0 Å². The number of Topliss-reactive ketones (excluding diaryl/α,β-unsaturated/α-hetero) is 1. The van der Waals surface area contributed by atoms with E-state index in [1.165, 1.54) is 13.5 Å². The van der Waals surface area contributed by atoms with E-state index in [9.17, 15) is 9.90 Å². The Morgan fingerprint density at radius 1 is 1.25 bits per heavy atom. The van der Waals surface area contributed by atoms with Gasteiger partial charge in [0.05, 0.1) is 6.10 Å². The fourth-order valence-corrected chi connectivity index (χ4v) is 3.47. The van der Waals surface area contributed by atoms with Gasteiger partial charge in [0, 0.05) is 26.4 Å². The van der Waals surface area contributed by atoms with Gasteiger partial charge >= 0.3 is 0 Å². The summed E-state index contributed by atoms with van der Waals surface area (Å²) < 4.78 is 22.4. The van der Waals surface area contributed by atoms with Crippen molar-refractivity contribution in [3.05, 3.63) is 0 Å². The number of carbonyl (C=O) groups is 1. The average Bonchev–Trinajstić information content (AvgIpc) is 2.79. The van der Waals surface area contributed by atoms with Crippen molar-refractivity contribution < 1.29 is 28.8 Å². The number of hydrogen-bond acceptors (Lipinski definition) is 6. The minimum Gasteiger partial charge on any atom is -0.390 e. The van der Waals surface area contributed by atoms with Crippen LogP contribution < -0.4 is 0 Å². The van der Waals surface area contributed by atoms with Crippen molar-refractivity contribution >= 4 is 5.78 Å². The molecular weight excluding hydrogens is 264 g/mol. The zero-order valence-electron chi connectivity index (χ0n) is 11.7. The molecule has 20 heavy (non-hydrogen) atoms. The Bertz CT molecular complexity index is 365. The first-order chi connectivity index (χ1) is 9.65. The molecule has 6 heteroatoms. The predicted octanol–water partition coefficient (Wildman–Crippen LogP) is 0.754. The van der Waals surface area contributed by atoms with Crippen LogP contribution in [0, 0.1) is 0 Å². The van der Waals surface area contributed by atoms with Crippen LogP contribution in [-0.4, -0.2) is 55.0 Å². The Hall–Kier alpha value is -0.530. The number of hydrogen-bond donors (Lipinski definition) is 1. The molecule has 0 aromatic carbocycles. The normalized spacial score (nSPS) is 40.0. The highest BCUT2D eigenvalue weighted by Gasteiger charge is 2.57. The quantitative estimate of drug-likeness (QED) is 0.772. The molecule has 3 aliphatic rings. The van der Waals surface area contributed by atoms with Gasteiger partial charge in [0.2, 0.25) is 0 Å². The molecule has 0 amide bonds. The van der Waals surface area contributed by atoms with Gasteiger partial charge in [-0.25, -0.2) is 0 Å². The van der Waals surface area contributed by atoms with Crippen molar-refractivity contribution in [2.45, 2.75) is 68.7 Å². The van der Waals surface area contributed by atoms with Crippen molar-refractivity contribution in [2.75, 3.05) is 13.9 Å². The summed E-state index contributed by atoms with van der Waals surface area (Å²) in [5.41, 5.74) is 0. The molecule has 0 bridgehead atoms. The Balaban J connectivity index is 1.77. The lowest BCUT2D eigenvalue weighted by Gasteiger charge is -2.33. The smallest absolute Gasteiger partial charge is 0.169 e.